The molecule has 1 aliphatic rings. The molecule has 0 bridgehead atoms. The molecule has 0 aromatic carbocycles. The lowest BCUT2D eigenvalue weighted by Gasteiger charge is -2.26. The minimum absolute atomic E-state index is 0.113. The number of hydrogen-bond donors (Lipinski definition) is 1. The zero-order chi connectivity index (χ0) is 20.4. The highest BCUT2D eigenvalue weighted by molar-refractivity contribution is 5.91. The van der Waals surface area contributed by atoms with Gasteiger partial charge in [-0.3, -0.25) is 14.4 Å². The van der Waals surface area contributed by atoms with Gasteiger partial charge in [-0.25, -0.2) is 9.97 Å². The lowest BCUT2D eigenvalue weighted by Crippen LogP contribution is -2.38. The summed E-state index contributed by atoms with van der Waals surface area (Å²) in [5.74, 6) is 0.558. The van der Waals surface area contributed by atoms with Crippen LogP contribution in [0.3, 0.4) is 0 Å². The highest BCUT2D eigenvalue weighted by Gasteiger charge is 2.15. The molecular weight excluding hydrogens is 370 g/mol. The molecule has 4 heterocycles. The van der Waals surface area contributed by atoms with Gasteiger partial charge in [-0.15, -0.1) is 0 Å². The van der Waals surface area contributed by atoms with Crippen molar-refractivity contribution in [1.82, 2.24) is 29.2 Å². The van der Waals surface area contributed by atoms with Crippen molar-refractivity contribution in [2.24, 2.45) is 7.05 Å². The summed E-state index contributed by atoms with van der Waals surface area (Å²) >= 11 is 0. The number of pyridine rings is 1. The minimum atomic E-state index is -0.113. The van der Waals surface area contributed by atoms with Crippen LogP contribution in [0.5, 0.6) is 0 Å². The summed E-state index contributed by atoms with van der Waals surface area (Å²) in [6, 6.07) is 1.99. The first-order chi connectivity index (χ1) is 14.0. The Morgan fingerprint density at radius 2 is 2.03 bits per heavy atom. The van der Waals surface area contributed by atoms with Crippen molar-refractivity contribution in [3.8, 4) is 11.3 Å². The maximum Gasteiger partial charge on any atom is 0.264 e. The Morgan fingerprint density at radius 1 is 1.24 bits per heavy atom. The first-order valence-corrected chi connectivity index (χ1v) is 9.97. The third-order valence-corrected chi connectivity index (χ3v) is 5.01. The smallest absolute Gasteiger partial charge is 0.264 e. The molecule has 0 unspecified atom stereocenters. The first-order valence-electron chi connectivity index (χ1n) is 9.97. The monoisotopic (exact) mass is 397 g/mol. The van der Waals surface area contributed by atoms with E-state index in [0.717, 1.165) is 50.7 Å². The molecule has 0 spiro atoms. The lowest BCUT2D eigenvalue weighted by atomic mass is 10.2. The van der Waals surface area contributed by atoms with Crippen LogP contribution in [0, 0.1) is 0 Å². The zero-order valence-corrected chi connectivity index (χ0v) is 17.1. The van der Waals surface area contributed by atoms with Crippen LogP contribution in [0.15, 0.2) is 29.6 Å². The molecule has 0 aliphatic carbocycles. The summed E-state index contributed by atoms with van der Waals surface area (Å²) in [7, 11) is 1.69. The summed E-state index contributed by atoms with van der Waals surface area (Å²) < 4.78 is 8.80. The molecule has 0 atom stereocenters. The van der Waals surface area contributed by atoms with Crippen molar-refractivity contribution in [3.63, 3.8) is 0 Å². The second kappa shape index (κ2) is 8.30. The molecule has 0 radical (unpaired) electrons. The largest absolute Gasteiger partial charge is 0.379 e. The maximum absolute atomic E-state index is 12.6. The van der Waals surface area contributed by atoms with Crippen molar-refractivity contribution in [1.29, 1.82) is 0 Å². The Kier molecular flexibility index (Phi) is 5.59. The van der Waals surface area contributed by atoms with E-state index in [1.807, 2.05) is 37.0 Å². The van der Waals surface area contributed by atoms with Crippen LogP contribution in [0.1, 0.15) is 13.8 Å². The number of fused-ring (bicyclic) bond motifs is 1. The van der Waals surface area contributed by atoms with Crippen LogP contribution < -0.4 is 10.9 Å². The summed E-state index contributed by atoms with van der Waals surface area (Å²) in [6.45, 7) is 9.30. The van der Waals surface area contributed by atoms with Crippen molar-refractivity contribution in [2.75, 3.05) is 38.2 Å². The fourth-order valence-electron chi connectivity index (χ4n) is 3.43. The zero-order valence-electron chi connectivity index (χ0n) is 17.1. The quantitative estimate of drug-likeness (QED) is 0.671. The third-order valence-electron chi connectivity index (χ3n) is 5.01. The van der Waals surface area contributed by atoms with Gasteiger partial charge in [0.15, 0.2) is 0 Å². The molecule has 0 saturated carbocycles. The summed E-state index contributed by atoms with van der Waals surface area (Å²) in [4.78, 5) is 24.2. The number of morpholine rings is 1. The minimum Gasteiger partial charge on any atom is -0.379 e. The Bertz CT molecular complexity index is 1050. The number of ether oxygens (including phenoxy) is 1. The fourth-order valence-corrected chi connectivity index (χ4v) is 3.43. The normalized spacial score (nSPS) is 15.3. The number of aromatic nitrogens is 5. The fraction of sp³-hybridized carbons (Fsp3) is 0.500. The van der Waals surface area contributed by atoms with Crippen LogP contribution >= 0.6 is 0 Å². The van der Waals surface area contributed by atoms with E-state index in [4.69, 9.17) is 9.72 Å². The predicted octanol–water partition coefficient (Wildman–Crippen LogP) is 1.34. The molecule has 0 amide bonds. The van der Waals surface area contributed by atoms with Crippen LogP contribution in [-0.4, -0.2) is 68.1 Å². The summed E-state index contributed by atoms with van der Waals surface area (Å²) in [6.07, 6.45) is 5.35. The second-order valence-electron chi connectivity index (χ2n) is 7.66. The number of nitrogens with zero attached hydrogens (tertiary/aromatic N) is 6. The van der Waals surface area contributed by atoms with Crippen LogP contribution in [-0.2, 0) is 18.3 Å². The number of nitrogens with one attached hydrogen (secondary N) is 1. The highest BCUT2D eigenvalue weighted by atomic mass is 16.5. The van der Waals surface area contributed by atoms with E-state index in [0.29, 0.717) is 16.7 Å². The van der Waals surface area contributed by atoms with Crippen molar-refractivity contribution >= 4 is 16.7 Å². The van der Waals surface area contributed by atoms with Gasteiger partial charge >= 0.3 is 0 Å². The maximum atomic E-state index is 12.6. The molecule has 1 aliphatic heterocycles. The van der Waals surface area contributed by atoms with Gasteiger partial charge in [-0.05, 0) is 19.9 Å². The number of anilines is 1. The third kappa shape index (κ3) is 4.30. The molecule has 29 heavy (non-hydrogen) atoms. The van der Waals surface area contributed by atoms with Crippen molar-refractivity contribution < 1.29 is 4.74 Å². The number of aryl methyl sites for hydroxylation is 1. The highest BCUT2D eigenvalue weighted by Crippen LogP contribution is 2.25. The van der Waals surface area contributed by atoms with Gasteiger partial charge < -0.3 is 14.6 Å². The lowest BCUT2D eigenvalue weighted by molar-refractivity contribution is 0.0360. The molecule has 9 nitrogen and oxygen atoms in total. The molecule has 9 heteroatoms. The van der Waals surface area contributed by atoms with E-state index in [-0.39, 0.29) is 11.6 Å². The Labute approximate surface area is 169 Å². The van der Waals surface area contributed by atoms with Gasteiger partial charge in [0.25, 0.3) is 5.56 Å². The molecule has 154 valence electrons. The van der Waals surface area contributed by atoms with Crippen LogP contribution in [0.4, 0.5) is 5.82 Å². The van der Waals surface area contributed by atoms with Crippen LogP contribution in [0.25, 0.3) is 22.2 Å². The molecule has 3 aromatic rings. The number of hydrogen-bond acceptors (Lipinski definition) is 7. The predicted molar refractivity (Wildman–Crippen MR) is 112 cm³/mol. The van der Waals surface area contributed by atoms with Gasteiger partial charge in [-0.1, -0.05) is 0 Å². The van der Waals surface area contributed by atoms with E-state index >= 15 is 0 Å². The van der Waals surface area contributed by atoms with E-state index < -0.39 is 0 Å². The van der Waals surface area contributed by atoms with Gasteiger partial charge in [0.1, 0.15) is 11.2 Å². The standard InChI is InChI=1S/C20H27N7O2/c1-14(2)23-19-18-17(21-13-25(3)20(18)28)10-16(24-19)15-11-22-27(12-15)5-4-26-6-8-29-9-7-26/h10-14H,4-9H2,1-3H3,(H,23,24). The SMILES string of the molecule is CC(C)Nc1nc(-c2cnn(CCN3CCOCC3)c2)cc2ncn(C)c(=O)c12. The summed E-state index contributed by atoms with van der Waals surface area (Å²) in [5.41, 5.74) is 2.17. The van der Waals surface area contributed by atoms with E-state index in [9.17, 15) is 4.79 Å². The van der Waals surface area contributed by atoms with Crippen molar-refractivity contribution in [2.45, 2.75) is 26.4 Å². The molecule has 4 rings (SSSR count). The molecular formula is C20H27N7O2. The van der Waals surface area contributed by atoms with E-state index in [1.54, 1.807) is 13.4 Å². The summed E-state index contributed by atoms with van der Waals surface area (Å²) in [5, 5.41) is 8.29. The average Bonchev–Trinajstić information content (AvgIpc) is 3.18. The number of rotatable bonds is 6. The Morgan fingerprint density at radius 3 is 2.79 bits per heavy atom. The average molecular weight is 397 g/mol. The molecule has 1 fully saturated rings. The Balaban J connectivity index is 1.63. The second-order valence-corrected chi connectivity index (χ2v) is 7.66. The van der Waals surface area contributed by atoms with Crippen molar-refractivity contribution in [3.05, 3.63) is 35.1 Å². The van der Waals surface area contributed by atoms with E-state index in [1.165, 1.54) is 4.57 Å². The Hall–Kier alpha value is -2.78. The van der Waals surface area contributed by atoms with E-state index in [2.05, 4.69) is 20.3 Å². The molecule has 3 aromatic heterocycles. The van der Waals surface area contributed by atoms with Crippen LogP contribution in [0.2, 0.25) is 0 Å². The van der Waals surface area contributed by atoms with Gasteiger partial charge in [0, 0.05) is 44.5 Å². The molecule has 1 N–H and O–H groups in total. The topological polar surface area (TPSA) is 90.1 Å². The van der Waals surface area contributed by atoms with Gasteiger partial charge in [-0.2, -0.15) is 5.10 Å². The van der Waals surface area contributed by atoms with Gasteiger partial charge in [0.2, 0.25) is 0 Å². The van der Waals surface area contributed by atoms with Gasteiger partial charge in [0.05, 0.1) is 43.5 Å². The molecule has 1 saturated heterocycles. The first kappa shape index (κ1) is 19.5.